The lowest BCUT2D eigenvalue weighted by Crippen LogP contribution is -2.59. The standard InChI is InChI=1S/C26H34O11/c1-34-19-6-12(3-4-17(19)29)22-15-8-18(30)20(35-2)7-13(15)5-14(16(22)9-27)11-36-26-25(33)24(32)23(31)21(10-28)37-26/h3-4,6-8,14,16,21-33H,5,9-11H2,1-2H3/t14?,16-,21+,22+,23+,24-,25+,26+/m0/s1. The van der Waals surface area contributed by atoms with E-state index < -0.39 is 49.1 Å². The Kier molecular flexibility index (Phi) is 8.44. The molecule has 1 saturated heterocycles. The third-order valence-corrected chi connectivity index (χ3v) is 7.39. The van der Waals surface area contributed by atoms with Gasteiger partial charge < -0.3 is 54.7 Å². The van der Waals surface area contributed by atoms with Gasteiger partial charge in [0.25, 0.3) is 0 Å². The average molecular weight is 523 g/mol. The highest BCUT2D eigenvalue weighted by molar-refractivity contribution is 5.53. The van der Waals surface area contributed by atoms with Crippen molar-refractivity contribution in [2.24, 2.45) is 11.8 Å². The molecule has 2 aromatic carbocycles. The number of hydrogen-bond donors (Lipinski definition) is 7. The monoisotopic (exact) mass is 522 g/mol. The van der Waals surface area contributed by atoms with E-state index in [2.05, 4.69) is 0 Å². The summed E-state index contributed by atoms with van der Waals surface area (Å²) in [5.74, 6) is -0.704. The van der Waals surface area contributed by atoms with Gasteiger partial charge in [0.1, 0.15) is 24.4 Å². The second kappa shape index (κ2) is 11.4. The van der Waals surface area contributed by atoms with Crippen molar-refractivity contribution in [3.63, 3.8) is 0 Å². The summed E-state index contributed by atoms with van der Waals surface area (Å²) >= 11 is 0. The molecule has 0 amide bonds. The average Bonchev–Trinajstić information content (AvgIpc) is 2.90. The van der Waals surface area contributed by atoms with Gasteiger partial charge >= 0.3 is 0 Å². The van der Waals surface area contributed by atoms with Crippen molar-refractivity contribution in [1.82, 2.24) is 0 Å². The number of ether oxygens (including phenoxy) is 4. The SMILES string of the molecule is COc1cc([C@@H]2c3cc(O)c(OC)cc3CC(CO[C@@H]3O[C@H](CO)[C@@H](O)[C@H](O)[C@H]3O)[C@@H]2CO)ccc1O. The van der Waals surface area contributed by atoms with Crippen molar-refractivity contribution >= 4 is 0 Å². The molecule has 2 aromatic rings. The third kappa shape index (κ3) is 5.21. The van der Waals surface area contributed by atoms with E-state index in [1.807, 2.05) is 0 Å². The maximum Gasteiger partial charge on any atom is 0.186 e. The van der Waals surface area contributed by atoms with Crippen LogP contribution in [0.5, 0.6) is 23.0 Å². The van der Waals surface area contributed by atoms with Gasteiger partial charge in [-0.25, -0.2) is 0 Å². The largest absolute Gasteiger partial charge is 0.504 e. The van der Waals surface area contributed by atoms with Crippen LogP contribution in [0.4, 0.5) is 0 Å². The molecule has 2 aliphatic rings. The van der Waals surface area contributed by atoms with Gasteiger partial charge in [0, 0.05) is 12.5 Å². The minimum Gasteiger partial charge on any atom is -0.504 e. The molecule has 204 valence electrons. The number of phenols is 2. The first-order valence-corrected chi connectivity index (χ1v) is 12.0. The normalized spacial score (nSPS) is 31.5. The predicted octanol–water partition coefficient (Wildman–Crippen LogP) is -0.156. The number of rotatable bonds is 8. The number of fused-ring (bicyclic) bond motifs is 1. The molecular formula is C26H34O11. The molecule has 0 saturated carbocycles. The second-order valence-electron chi connectivity index (χ2n) is 9.47. The number of hydrogen-bond acceptors (Lipinski definition) is 11. The summed E-state index contributed by atoms with van der Waals surface area (Å²) in [5.41, 5.74) is 2.35. The molecular weight excluding hydrogens is 488 g/mol. The van der Waals surface area contributed by atoms with Crippen LogP contribution in [0, 0.1) is 11.8 Å². The van der Waals surface area contributed by atoms with E-state index >= 15 is 0 Å². The van der Waals surface area contributed by atoms with Gasteiger partial charge in [-0.2, -0.15) is 0 Å². The zero-order valence-electron chi connectivity index (χ0n) is 20.6. The zero-order valence-corrected chi connectivity index (χ0v) is 20.6. The molecule has 4 rings (SSSR count). The first-order valence-electron chi connectivity index (χ1n) is 12.0. The number of phenolic OH excluding ortho intramolecular Hbond substituents is 2. The van der Waals surface area contributed by atoms with E-state index in [4.69, 9.17) is 18.9 Å². The maximum absolute atomic E-state index is 10.5. The van der Waals surface area contributed by atoms with Crippen LogP contribution in [0.1, 0.15) is 22.6 Å². The van der Waals surface area contributed by atoms with Crippen LogP contribution in [-0.4, -0.2) is 100 Å². The van der Waals surface area contributed by atoms with E-state index in [-0.39, 0.29) is 42.1 Å². The summed E-state index contributed by atoms with van der Waals surface area (Å²) in [6.45, 7) is -0.819. The van der Waals surface area contributed by atoms with Gasteiger partial charge in [0.05, 0.1) is 27.4 Å². The van der Waals surface area contributed by atoms with Gasteiger partial charge in [0.2, 0.25) is 0 Å². The van der Waals surface area contributed by atoms with Gasteiger partial charge in [-0.1, -0.05) is 6.07 Å². The molecule has 37 heavy (non-hydrogen) atoms. The van der Waals surface area contributed by atoms with E-state index in [1.54, 1.807) is 24.3 Å². The van der Waals surface area contributed by atoms with E-state index in [0.717, 1.165) is 16.7 Å². The van der Waals surface area contributed by atoms with Crippen LogP contribution in [0.25, 0.3) is 0 Å². The minimum absolute atomic E-state index is 0.00225. The highest BCUT2D eigenvalue weighted by Gasteiger charge is 2.45. The summed E-state index contributed by atoms with van der Waals surface area (Å²) in [4.78, 5) is 0. The Morgan fingerprint density at radius 2 is 1.57 bits per heavy atom. The summed E-state index contributed by atoms with van der Waals surface area (Å²) in [6, 6.07) is 8.23. The Balaban J connectivity index is 1.68. The topological polar surface area (TPSA) is 179 Å². The predicted molar refractivity (Wildman–Crippen MR) is 129 cm³/mol. The first-order chi connectivity index (χ1) is 17.7. The fourth-order valence-corrected chi connectivity index (χ4v) is 5.37. The molecule has 0 aromatic heterocycles. The van der Waals surface area contributed by atoms with Crippen molar-refractivity contribution in [2.45, 2.75) is 43.0 Å². The molecule has 1 aliphatic carbocycles. The van der Waals surface area contributed by atoms with Crippen molar-refractivity contribution in [3.8, 4) is 23.0 Å². The smallest absolute Gasteiger partial charge is 0.186 e. The Morgan fingerprint density at radius 3 is 2.22 bits per heavy atom. The first kappa shape index (κ1) is 27.4. The quantitative estimate of drug-likeness (QED) is 0.245. The minimum atomic E-state index is -1.57. The van der Waals surface area contributed by atoms with Crippen LogP contribution in [-0.2, 0) is 15.9 Å². The molecule has 1 aliphatic heterocycles. The number of benzene rings is 2. The van der Waals surface area contributed by atoms with E-state index in [9.17, 15) is 35.7 Å². The summed E-state index contributed by atoms with van der Waals surface area (Å²) in [6.07, 6.45) is -6.59. The summed E-state index contributed by atoms with van der Waals surface area (Å²) < 4.78 is 21.9. The van der Waals surface area contributed by atoms with Crippen molar-refractivity contribution < 1.29 is 54.7 Å². The highest BCUT2D eigenvalue weighted by Crippen LogP contribution is 2.48. The van der Waals surface area contributed by atoms with E-state index in [1.165, 1.54) is 20.3 Å². The number of aromatic hydroxyl groups is 2. The Morgan fingerprint density at radius 1 is 0.865 bits per heavy atom. The Hall–Kier alpha value is -2.64. The van der Waals surface area contributed by atoms with Gasteiger partial charge in [-0.05, 0) is 59.2 Å². The number of methoxy groups -OCH3 is 2. The van der Waals surface area contributed by atoms with Gasteiger partial charge in [-0.15, -0.1) is 0 Å². The van der Waals surface area contributed by atoms with Crippen molar-refractivity contribution in [3.05, 3.63) is 47.0 Å². The molecule has 1 unspecified atom stereocenters. The summed E-state index contributed by atoms with van der Waals surface area (Å²) in [5, 5.41) is 71.1. The van der Waals surface area contributed by atoms with E-state index in [0.29, 0.717) is 6.42 Å². The maximum atomic E-state index is 10.5. The van der Waals surface area contributed by atoms with Crippen molar-refractivity contribution in [2.75, 3.05) is 34.0 Å². The molecule has 0 spiro atoms. The lowest BCUT2D eigenvalue weighted by Gasteiger charge is -2.42. The summed E-state index contributed by atoms with van der Waals surface area (Å²) in [7, 11) is 2.88. The van der Waals surface area contributed by atoms with Crippen LogP contribution < -0.4 is 9.47 Å². The fourth-order valence-electron chi connectivity index (χ4n) is 5.37. The lowest BCUT2D eigenvalue weighted by molar-refractivity contribution is -0.304. The molecule has 1 heterocycles. The molecule has 8 atom stereocenters. The van der Waals surface area contributed by atoms with Gasteiger partial charge in [-0.3, -0.25) is 0 Å². The molecule has 0 radical (unpaired) electrons. The Labute approximate surface area is 214 Å². The Bertz CT molecular complexity index is 1070. The number of aliphatic hydroxyl groups excluding tert-OH is 5. The molecule has 1 fully saturated rings. The molecule has 11 nitrogen and oxygen atoms in total. The van der Waals surface area contributed by atoms with Crippen LogP contribution in [0.15, 0.2) is 30.3 Å². The van der Waals surface area contributed by atoms with Crippen LogP contribution >= 0.6 is 0 Å². The number of aliphatic hydroxyl groups is 5. The molecule has 0 bridgehead atoms. The second-order valence-corrected chi connectivity index (χ2v) is 9.47. The third-order valence-electron chi connectivity index (χ3n) is 7.39. The molecule has 11 heteroatoms. The highest BCUT2D eigenvalue weighted by atomic mass is 16.7. The van der Waals surface area contributed by atoms with Crippen LogP contribution in [0.2, 0.25) is 0 Å². The van der Waals surface area contributed by atoms with Crippen molar-refractivity contribution in [1.29, 1.82) is 0 Å². The van der Waals surface area contributed by atoms with Crippen LogP contribution in [0.3, 0.4) is 0 Å². The lowest BCUT2D eigenvalue weighted by atomic mass is 9.67. The molecule has 7 N–H and O–H groups in total. The van der Waals surface area contributed by atoms with Gasteiger partial charge in [0.15, 0.2) is 29.3 Å². The fraction of sp³-hybridized carbons (Fsp3) is 0.538. The zero-order chi connectivity index (χ0) is 26.9.